The SMILES string of the molecule is CCNC(=O)C1(Cc2ccc(-c3ccncc3)cc2)CN(C(=O)C(C)C)CCO1. The first-order valence-electron chi connectivity index (χ1n) is 10.2. The molecular weight excluding hydrogens is 366 g/mol. The number of hydrogen-bond donors (Lipinski definition) is 1. The summed E-state index contributed by atoms with van der Waals surface area (Å²) in [7, 11) is 0. The van der Waals surface area contributed by atoms with Crippen LogP contribution < -0.4 is 5.32 Å². The van der Waals surface area contributed by atoms with E-state index in [9.17, 15) is 9.59 Å². The first-order valence-corrected chi connectivity index (χ1v) is 10.2. The van der Waals surface area contributed by atoms with Crippen molar-refractivity contribution in [2.24, 2.45) is 5.92 Å². The van der Waals surface area contributed by atoms with Gasteiger partial charge >= 0.3 is 0 Å². The molecule has 1 saturated heterocycles. The van der Waals surface area contributed by atoms with Crippen LogP contribution in [0.2, 0.25) is 0 Å². The third-order valence-electron chi connectivity index (χ3n) is 5.20. The molecule has 0 saturated carbocycles. The third-order valence-corrected chi connectivity index (χ3v) is 5.20. The van der Waals surface area contributed by atoms with Crippen LogP contribution in [0.1, 0.15) is 26.3 Å². The van der Waals surface area contributed by atoms with E-state index in [4.69, 9.17) is 4.74 Å². The van der Waals surface area contributed by atoms with Gasteiger partial charge in [0.1, 0.15) is 0 Å². The maximum atomic E-state index is 13.0. The van der Waals surface area contributed by atoms with Crippen LogP contribution in [-0.4, -0.2) is 53.5 Å². The third kappa shape index (κ3) is 4.82. The molecule has 0 aliphatic carbocycles. The molecule has 1 fully saturated rings. The van der Waals surface area contributed by atoms with Crippen molar-refractivity contribution in [2.75, 3.05) is 26.2 Å². The molecule has 1 aromatic carbocycles. The Morgan fingerprint density at radius 2 is 1.79 bits per heavy atom. The second kappa shape index (κ2) is 9.18. The highest BCUT2D eigenvalue weighted by Crippen LogP contribution is 2.27. The molecule has 6 nitrogen and oxygen atoms in total. The number of nitrogens with one attached hydrogen (secondary N) is 1. The predicted octanol–water partition coefficient (Wildman–Crippen LogP) is 2.68. The minimum Gasteiger partial charge on any atom is -0.361 e. The lowest BCUT2D eigenvalue weighted by molar-refractivity contribution is -0.167. The number of carbonyl (C=O) groups is 2. The first-order chi connectivity index (χ1) is 13.9. The molecule has 1 N–H and O–H groups in total. The van der Waals surface area contributed by atoms with Crippen LogP contribution >= 0.6 is 0 Å². The largest absolute Gasteiger partial charge is 0.361 e. The summed E-state index contributed by atoms with van der Waals surface area (Å²) in [5.74, 6) is -0.228. The van der Waals surface area contributed by atoms with Gasteiger partial charge in [-0.05, 0) is 35.7 Å². The summed E-state index contributed by atoms with van der Waals surface area (Å²) in [6.07, 6.45) is 3.95. The second-order valence-corrected chi connectivity index (χ2v) is 7.73. The zero-order valence-electron chi connectivity index (χ0n) is 17.4. The Balaban J connectivity index is 1.84. The Morgan fingerprint density at radius 3 is 2.41 bits per heavy atom. The smallest absolute Gasteiger partial charge is 0.254 e. The monoisotopic (exact) mass is 395 g/mol. The summed E-state index contributed by atoms with van der Waals surface area (Å²) < 4.78 is 6.04. The summed E-state index contributed by atoms with van der Waals surface area (Å²) in [5, 5.41) is 2.89. The molecular formula is C23H29N3O3. The lowest BCUT2D eigenvalue weighted by Crippen LogP contribution is -2.62. The summed E-state index contributed by atoms with van der Waals surface area (Å²) in [5.41, 5.74) is 2.10. The summed E-state index contributed by atoms with van der Waals surface area (Å²) >= 11 is 0. The van der Waals surface area contributed by atoms with Crippen LogP contribution in [-0.2, 0) is 20.7 Å². The number of rotatable bonds is 6. The Morgan fingerprint density at radius 1 is 1.14 bits per heavy atom. The van der Waals surface area contributed by atoms with Crippen molar-refractivity contribution in [3.8, 4) is 11.1 Å². The van der Waals surface area contributed by atoms with Gasteiger partial charge in [-0.1, -0.05) is 38.1 Å². The normalized spacial score (nSPS) is 19.2. The van der Waals surface area contributed by atoms with Gasteiger partial charge in [-0.3, -0.25) is 14.6 Å². The Hall–Kier alpha value is -2.73. The quantitative estimate of drug-likeness (QED) is 0.816. The number of amides is 2. The van der Waals surface area contributed by atoms with E-state index in [0.29, 0.717) is 26.1 Å². The molecule has 2 aromatic rings. The summed E-state index contributed by atoms with van der Waals surface area (Å²) in [6, 6.07) is 12.0. The molecule has 1 aromatic heterocycles. The standard InChI is InChI=1S/C23H29N3O3/c1-4-25-22(28)23(16-26(13-14-29-23)21(27)17(2)3)15-18-5-7-19(8-6-18)20-9-11-24-12-10-20/h5-12,17H,4,13-16H2,1-3H3,(H,25,28). The van der Waals surface area contributed by atoms with Crippen LogP contribution in [0, 0.1) is 5.92 Å². The maximum Gasteiger partial charge on any atom is 0.254 e. The van der Waals surface area contributed by atoms with Gasteiger partial charge in [0.15, 0.2) is 5.60 Å². The van der Waals surface area contributed by atoms with Gasteiger partial charge in [-0.15, -0.1) is 0 Å². The predicted molar refractivity (Wildman–Crippen MR) is 112 cm³/mol. The van der Waals surface area contributed by atoms with Gasteiger partial charge in [-0.25, -0.2) is 0 Å². The number of carbonyl (C=O) groups excluding carboxylic acids is 2. The van der Waals surface area contributed by atoms with E-state index in [-0.39, 0.29) is 24.3 Å². The van der Waals surface area contributed by atoms with Crippen LogP contribution in [0.5, 0.6) is 0 Å². The fraction of sp³-hybridized carbons (Fsp3) is 0.435. The van der Waals surface area contributed by atoms with Crippen molar-refractivity contribution >= 4 is 11.8 Å². The average molecular weight is 396 g/mol. The molecule has 3 rings (SSSR count). The summed E-state index contributed by atoms with van der Waals surface area (Å²) in [4.78, 5) is 31.3. The fourth-order valence-electron chi connectivity index (χ4n) is 3.67. The van der Waals surface area contributed by atoms with Gasteiger partial charge in [0.2, 0.25) is 5.91 Å². The molecule has 0 spiro atoms. The molecule has 0 bridgehead atoms. The van der Waals surface area contributed by atoms with E-state index >= 15 is 0 Å². The van der Waals surface area contributed by atoms with Crippen LogP contribution in [0.25, 0.3) is 11.1 Å². The number of morpholine rings is 1. The Bertz CT molecular complexity index is 836. The highest BCUT2D eigenvalue weighted by Gasteiger charge is 2.45. The highest BCUT2D eigenvalue weighted by atomic mass is 16.5. The Labute approximate surface area is 172 Å². The van der Waals surface area contributed by atoms with Gasteiger partial charge in [0.05, 0.1) is 13.2 Å². The van der Waals surface area contributed by atoms with Crippen molar-refractivity contribution in [1.82, 2.24) is 15.2 Å². The molecule has 29 heavy (non-hydrogen) atoms. The molecule has 0 radical (unpaired) electrons. The zero-order valence-corrected chi connectivity index (χ0v) is 17.4. The van der Waals surface area contributed by atoms with Gasteiger partial charge in [0, 0.05) is 37.8 Å². The molecule has 1 unspecified atom stereocenters. The van der Waals surface area contributed by atoms with E-state index in [2.05, 4.69) is 10.3 Å². The number of hydrogen-bond acceptors (Lipinski definition) is 4. The van der Waals surface area contributed by atoms with E-state index in [1.54, 1.807) is 17.3 Å². The highest BCUT2D eigenvalue weighted by molar-refractivity contribution is 5.87. The van der Waals surface area contributed by atoms with E-state index in [1.807, 2.05) is 57.2 Å². The molecule has 6 heteroatoms. The fourth-order valence-corrected chi connectivity index (χ4v) is 3.67. The van der Waals surface area contributed by atoms with Crippen molar-refractivity contribution < 1.29 is 14.3 Å². The van der Waals surface area contributed by atoms with Gasteiger partial charge in [0.25, 0.3) is 5.91 Å². The maximum absolute atomic E-state index is 13.0. The minimum atomic E-state index is -1.07. The zero-order chi connectivity index (χ0) is 20.9. The van der Waals surface area contributed by atoms with E-state index in [1.165, 1.54) is 0 Å². The van der Waals surface area contributed by atoms with Crippen molar-refractivity contribution in [3.05, 3.63) is 54.4 Å². The number of likely N-dealkylation sites (N-methyl/N-ethyl adjacent to an activating group) is 1. The number of aromatic nitrogens is 1. The van der Waals surface area contributed by atoms with E-state index in [0.717, 1.165) is 16.7 Å². The number of pyridine rings is 1. The van der Waals surface area contributed by atoms with Crippen molar-refractivity contribution in [3.63, 3.8) is 0 Å². The van der Waals surface area contributed by atoms with Gasteiger partial charge < -0.3 is 15.0 Å². The lowest BCUT2D eigenvalue weighted by atomic mass is 9.90. The van der Waals surface area contributed by atoms with Crippen LogP contribution in [0.3, 0.4) is 0 Å². The van der Waals surface area contributed by atoms with Gasteiger partial charge in [-0.2, -0.15) is 0 Å². The van der Waals surface area contributed by atoms with E-state index < -0.39 is 5.60 Å². The molecule has 154 valence electrons. The summed E-state index contributed by atoms with van der Waals surface area (Å²) in [6.45, 7) is 7.29. The van der Waals surface area contributed by atoms with Crippen molar-refractivity contribution in [1.29, 1.82) is 0 Å². The second-order valence-electron chi connectivity index (χ2n) is 7.73. The minimum absolute atomic E-state index is 0.0509. The molecule has 1 atom stereocenters. The molecule has 2 amide bonds. The topological polar surface area (TPSA) is 71.5 Å². The number of nitrogens with zero attached hydrogens (tertiary/aromatic N) is 2. The molecule has 1 aliphatic rings. The van der Waals surface area contributed by atoms with Crippen LogP contribution in [0.4, 0.5) is 0 Å². The molecule has 1 aliphatic heterocycles. The Kier molecular flexibility index (Phi) is 6.64. The lowest BCUT2D eigenvalue weighted by Gasteiger charge is -2.42. The number of benzene rings is 1. The number of ether oxygens (including phenoxy) is 1. The first kappa shape index (κ1) is 21.0. The van der Waals surface area contributed by atoms with Crippen molar-refractivity contribution in [2.45, 2.75) is 32.8 Å². The van der Waals surface area contributed by atoms with Crippen LogP contribution in [0.15, 0.2) is 48.8 Å². The molecule has 2 heterocycles. The average Bonchev–Trinajstić information content (AvgIpc) is 2.74.